The molecule has 1 fully saturated rings. The Kier molecular flexibility index (Phi) is 4.93. The highest BCUT2D eigenvalue weighted by Gasteiger charge is 2.24. The van der Waals surface area contributed by atoms with Gasteiger partial charge in [0.25, 0.3) is 5.91 Å². The Bertz CT molecular complexity index is 686. The second-order valence-corrected chi connectivity index (χ2v) is 6.79. The van der Waals surface area contributed by atoms with Gasteiger partial charge in [-0.05, 0) is 32.0 Å². The minimum Gasteiger partial charge on any atom is -0.487 e. The van der Waals surface area contributed by atoms with Crippen LogP contribution in [0.5, 0.6) is 5.75 Å². The summed E-state index contributed by atoms with van der Waals surface area (Å²) in [4.78, 5) is 19.0. The van der Waals surface area contributed by atoms with Gasteiger partial charge in [-0.1, -0.05) is 6.07 Å². The third kappa shape index (κ3) is 3.89. The van der Waals surface area contributed by atoms with Crippen molar-refractivity contribution in [3.8, 4) is 5.75 Å². The number of hydrogen-bond acceptors (Lipinski definition) is 5. The van der Waals surface area contributed by atoms with E-state index in [1.807, 2.05) is 41.5 Å². The van der Waals surface area contributed by atoms with Crippen LogP contribution in [0.4, 0.5) is 0 Å². The van der Waals surface area contributed by atoms with Gasteiger partial charge in [-0.25, -0.2) is 4.98 Å². The summed E-state index contributed by atoms with van der Waals surface area (Å²) < 4.78 is 5.77. The molecule has 23 heavy (non-hydrogen) atoms. The molecule has 1 saturated heterocycles. The van der Waals surface area contributed by atoms with Gasteiger partial charge in [-0.2, -0.15) is 0 Å². The van der Waals surface area contributed by atoms with Crippen LogP contribution in [-0.4, -0.2) is 41.5 Å². The lowest BCUT2D eigenvalue weighted by atomic mass is 10.1. The van der Waals surface area contributed by atoms with Gasteiger partial charge >= 0.3 is 0 Å². The zero-order valence-electron chi connectivity index (χ0n) is 13.4. The Hall–Kier alpha value is -1.92. The Morgan fingerprint density at radius 1 is 1.52 bits per heavy atom. The van der Waals surface area contributed by atoms with Gasteiger partial charge in [0, 0.05) is 36.6 Å². The Balaban J connectivity index is 1.67. The van der Waals surface area contributed by atoms with Gasteiger partial charge in [-0.3, -0.25) is 4.79 Å². The van der Waals surface area contributed by atoms with Gasteiger partial charge in [0.05, 0.1) is 10.7 Å². The largest absolute Gasteiger partial charge is 0.487 e. The van der Waals surface area contributed by atoms with Gasteiger partial charge < -0.3 is 15.0 Å². The SMILES string of the molecule is Cc1nc(COc2cccc(C(=O)N3CCNCC3C)c2)cs1. The molecule has 5 nitrogen and oxygen atoms in total. The average Bonchev–Trinajstić information content (AvgIpc) is 2.98. The molecule has 2 heterocycles. The highest BCUT2D eigenvalue weighted by molar-refractivity contribution is 7.09. The van der Waals surface area contributed by atoms with Gasteiger partial charge in [0.15, 0.2) is 0 Å². The zero-order chi connectivity index (χ0) is 16.2. The quantitative estimate of drug-likeness (QED) is 0.935. The molecule has 0 bridgehead atoms. The van der Waals surface area contributed by atoms with Crippen molar-refractivity contribution in [2.24, 2.45) is 0 Å². The molecule has 0 aliphatic carbocycles. The first-order valence-corrected chi connectivity index (χ1v) is 8.67. The van der Waals surface area contributed by atoms with Crippen molar-refractivity contribution in [2.75, 3.05) is 19.6 Å². The average molecular weight is 331 g/mol. The van der Waals surface area contributed by atoms with E-state index >= 15 is 0 Å². The molecule has 0 spiro atoms. The Labute approximate surface area is 140 Å². The van der Waals surface area contributed by atoms with E-state index in [0.29, 0.717) is 17.9 Å². The fraction of sp³-hybridized carbons (Fsp3) is 0.412. The van der Waals surface area contributed by atoms with Crippen LogP contribution >= 0.6 is 11.3 Å². The molecule has 1 aromatic carbocycles. The number of carbonyl (C=O) groups is 1. The van der Waals surface area contributed by atoms with E-state index < -0.39 is 0 Å². The van der Waals surface area contributed by atoms with Gasteiger partial charge in [0.1, 0.15) is 12.4 Å². The van der Waals surface area contributed by atoms with E-state index in [2.05, 4.69) is 17.2 Å². The van der Waals surface area contributed by atoms with Crippen molar-refractivity contribution in [1.29, 1.82) is 0 Å². The molecular formula is C17H21N3O2S. The lowest BCUT2D eigenvalue weighted by molar-refractivity contribution is 0.0655. The molecule has 6 heteroatoms. The van der Waals surface area contributed by atoms with Crippen LogP contribution in [0.25, 0.3) is 0 Å². The summed E-state index contributed by atoms with van der Waals surface area (Å²) in [5.74, 6) is 0.762. The van der Waals surface area contributed by atoms with E-state index in [9.17, 15) is 4.79 Å². The molecular weight excluding hydrogens is 310 g/mol. The van der Waals surface area contributed by atoms with Crippen molar-refractivity contribution >= 4 is 17.2 Å². The van der Waals surface area contributed by atoms with E-state index in [-0.39, 0.29) is 11.9 Å². The summed E-state index contributed by atoms with van der Waals surface area (Å²) in [6.07, 6.45) is 0. The minimum atomic E-state index is 0.0638. The second-order valence-electron chi connectivity index (χ2n) is 5.73. The third-order valence-corrected chi connectivity index (χ3v) is 4.72. The molecule has 3 rings (SSSR count). The molecule has 1 aliphatic heterocycles. The van der Waals surface area contributed by atoms with Crippen molar-refractivity contribution in [3.05, 3.63) is 45.9 Å². The number of aromatic nitrogens is 1. The number of benzene rings is 1. The van der Waals surface area contributed by atoms with Crippen LogP contribution < -0.4 is 10.1 Å². The van der Waals surface area contributed by atoms with Crippen molar-refractivity contribution in [2.45, 2.75) is 26.5 Å². The molecule has 2 aromatic rings. The summed E-state index contributed by atoms with van der Waals surface area (Å²) in [5.41, 5.74) is 1.59. The summed E-state index contributed by atoms with van der Waals surface area (Å²) in [5, 5.41) is 6.32. The van der Waals surface area contributed by atoms with E-state index in [4.69, 9.17) is 4.74 Å². The number of amides is 1. The first kappa shape index (κ1) is 16.0. The molecule has 1 amide bonds. The summed E-state index contributed by atoms with van der Waals surface area (Å²) in [6.45, 7) is 6.88. The predicted octanol–water partition coefficient (Wildman–Crippen LogP) is 2.46. The van der Waals surface area contributed by atoms with Crippen molar-refractivity contribution < 1.29 is 9.53 Å². The second kappa shape index (κ2) is 7.10. The topological polar surface area (TPSA) is 54.5 Å². The predicted molar refractivity (Wildman–Crippen MR) is 91.0 cm³/mol. The molecule has 1 unspecified atom stereocenters. The number of nitrogens with zero attached hydrogens (tertiary/aromatic N) is 2. The van der Waals surface area contributed by atoms with Crippen molar-refractivity contribution in [3.63, 3.8) is 0 Å². The smallest absolute Gasteiger partial charge is 0.254 e. The highest BCUT2D eigenvalue weighted by atomic mass is 32.1. The van der Waals surface area contributed by atoms with Crippen LogP contribution in [0.1, 0.15) is 28.0 Å². The number of aryl methyl sites for hydroxylation is 1. The fourth-order valence-electron chi connectivity index (χ4n) is 2.66. The van der Waals surface area contributed by atoms with E-state index in [1.165, 1.54) is 0 Å². The molecule has 122 valence electrons. The van der Waals surface area contributed by atoms with E-state index in [1.54, 1.807) is 11.3 Å². The number of ether oxygens (including phenoxy) is 1. The summed E-state index contributed by atoms with van der Waals surface area (Å²) in [7, 11) is 0. The van der Waals surface area contributed by atoms with E-state index in [0.717, 1.165) is 30.3 Å². The highest BCUT2D eigenvalue weighted by Crippen LogP contribution is 2.18. The number of carbonyl (C=O) groups excluding carboxylic acids is 1. The zero-order valence-corrected chi connectivity index (χ0v) is 14.2. The number of nitrogens with one attached hydrogen (secondary N) is 1. The molecule has 1 N–H and O–H groups in total. The molecule has 0 radical (unpaired) electrons. The van der Waals surface area contributed by atoms with Gasteiger partial charge in [0.2, 0.25) is 0 Å². The number of hydrogen-bond donors (Lipinski definition) is 1. The third-order valence-electron chi connectivity index (χ3n) is 3.90. The first-order chi connectivity index (χ1) is 11.1. The van der Waals surface area contributed by atoms with Crippen LogP contribution in [0.15, 0.2) is 29.6 Å². The Morgan fingerprint density at radius 3 is 3.13 bits per heavy atom. The van der Waals surface area contributed by atoms with Crippen LogP contribution in [0, 0.1) is 6.92 Å². The lowest BCUT2D eigenvalue weighted by Gasteiger charge is -2.34. The standard InChI is InChI=1S/C17H21N3O2S/c1-12-9-18-6-7-20(12)17(21)14-4-3-5-16(8-14)22-10-15-11-23-13(2)19-15/h3-5,8,11-12,18H,6-7,9-10H2,1-2H3. The summed E-state index contributed by atoms with van der Waals surface area (Å²) >= 11 is 1.61. The maximum absolute atomic E-state index is 12.7. The number of thiazole rings is 1. The Morgan fingerprint density at radius 2 is 2.39 bits per heavy atom. The molecule has 1 aromatic heterocycles. The number of rotatable bonds is 4. The fourth-order valence-corrected chi connectivity index (χ4v) is 3.26. The maximum atomic E-state index is 12.7. The molecule has 1 atom stereocenters. The minimum absolute atomic E-state index is 0.0638. The normalized spacial score (nSPS) is 18.0. The molecule has 0 saturated carbocycles. The maximum Gasteiger partial charge on any atom is 0.254 e. The lowest BCUT2D eigenvalue weighted by Crippen LogP contribution is -2.52. The van der Waals surface area contributed by atoms with Crippen molar-refractivity contribution in [1.82, 2.24) is 15.2 Å². The molecule has 1 aliphatic rings. The number of piperazine rings is 1. The van der Waals surface area contributed by atoms with Crippen LogP contribution in [0.2, 0.25) is 0 Å². The first-order valence-electron chi connectivity index (χ1n) is 7.79. The van der Waals surface area contributed by atoms with Gasteiger partial charge in [-0.15, -0.1) is 11.3 Å². The van der Waals surface area contributed by atoms with Crippen LogP contribution in [-0.2, 0) is 6.61 Å². The summed E-state index contributed by atoms with van der Waals surface area (Å²) in [6, 6.07) is 7.60. The van der Waals surface area contributed by atoms with Crippen LogP contribution in [0.3, 0.4) is 0 Å². The monoisotopic (exact) mass is 331 g/mol.